The second-order valence-electron chi connectivity index (χ2n) is 4.52. The fourth-order valence-electron chi connectivity index (χ4n) is 2.18. The van der Waals surface area contributed by atoms with Crippen molar-refractivity contribution in [2.24, 2.45) is 5.16 Å². The van der Waals surface area contributed by atoms with Crippen LogP contribution in [0, 0.1) is 0 Å². The Bertz CT molecular complexity index is 621. The Labute approximate surface area is 117 Å². The molecule has 4 heteroatoms. The number of hydrogen-bond acceptors (Lipinski definition) is 4. The van der Waals surface area contributed by atoms with Gasteiger partial charge in [0, 0.05) is 16.7 Å². The van der Waals surface area contributed by atoms with Crippen LogP contribution < -0.4 is 0 Å². The first kappa shape index (κ1) is 13.9. The predicted octanol–water partition coefficient (Wildman–Crippen LogP) is 3.28. The van der Waals surface area contributed by atoms with Crippen molar-refractivity contribution in [3.05, 3.63) is 59.2 Å². The molecule has 0 fully saturated rings. The maximum atomic E-state index is 10.3. The number of benzene rings is 2. The van der Waals surface area contributed by atoms with Gasteiger partial charge in [0.25, 0.3) is 0 Å². The summed E-state index contributed by atoms with van der Waals surface area (Å²) in [6.45, 7) is 1.96. The third-order valence-corrected chi connectivity index (χ3v) is 3.16. The fraction of sp³-hybridized carbons (Fsp3) is 0.188. The van der Waals surface area contributed by atoms with E-state index in [4.69, 9.17) is 0 Å². The summed E-state index contributed by atoms with van der Waals surface area (Å²) < 4.78 is 0. The van der Waals surface area contributed by atoms with Crippen molar-refractivity contribution in [1.29, 1.82) is 0 Å². The quantitative estimate of drug-likeness (QED) is 0.454. The summed E-state index contributed by atoms with van der Waals surface area (Å²) in [6.07, 6.45) is 1.35. The number of rotatable bonds is 4. The summed E-state index contributed by atoms with van der Waals surface area (Å²) in [4.78, 5) is 0. The van der Waals surface area contributed by atoms with E-state index in [2.05, 4.69) is 5.16 Å². The summed E-state index contributed by atoms with van der Waals surface area (Å²) in [5.41, 5.74) is 1.85. The third-order valence-electron chi connectivity index (χ3n) is 3.16. The van der Waals surface area contributed by atoms with Crippen molar-refractivity contribution in [3.63, 3.8) is 0 Å². The van der Waals surface area contributed by atoms with Gasteiger partial charge in [-0.2, -0.15) is 0 Å². The Kier molecular flexibility index (Phi) is 4.25. The molecular weight excluding hydrogens is 254 g/mol. The lowest BCUT2D eigenvalue weighted by Crippen LogP contribution is -2.05. The van der Waals surface area contributed by atoms with Crippen LogP contribution in [0.2, 0.25) is 0 Å². The van der Waals surface area contributed by atoms with Crippen LogP contribution in [0.4, 0.5) is 0 Å². The van der Waals surface area contributed by atoms with E-state index in [1.54, 1.807) is 18.2 Å². The van der Waals surface area contributed by atoms with Crippen molar-refractivity contribution < 1.29 is 15.4 Å². The van der Waals surface area contributed by atoms with Gasteiger partial charge in [0.15, 0.2) is 0 Å². The highest BCUT2D eigenvalue weighted by atomic mass is 16.4. The van der Waals surface area contributed by atoms with Gasteiger partial charge in [-0.1, -0.05) is 48.8 Å². The molecule has 2 rings (SSSR count). The Morgan fingerprint density at radius 1 is 1.05 bits per heavy atom. The zero-order valence-electron chi connectivity index (χ0n) is 11.2. The first-order valence-corrected chi connectivity index (χ1v) is 6.50. The summed E-state index contributed by atoms with van der Waals surface area (Å²) in [5.74, 6) is 0.0157. The van der Waals surface area contributed by atoms with Gasteiger partial charge in [-0.05, 0) is 18.6 Å². The second kappa shape index (κ2) is 6.10. The Balaban J connectivity index is 2.55. The minimum absolute atomic E-state index is 0.0384. The number of oxime groups is 1. The van der Waals surface area contributed by atoms with Crippen molar-refractivity contribution in [2.45, 2.75) is 19.8 Å². The number of phenols is 2. The average Bonchev–Trinajstić information content (AvgIpc) is 2.47. The number of aromatic hydroxyl groups is 2. The van der Waals surface area contributed by atoms with Crippen LogP contribution in [0.15, 0.2) is 47.6 Å². The smallest absolute Gasteiger partial charge is 0.132 e. The van der Waals surface area contributed by atoms with Crippen LogP contribution in [0.25, 0.3) is 0 Å². The van der Waals surface area contributed by atoms with Gasteiger partial charge in [-0.3, -0.25) is 0 Å². The molecule has 0 aliphatic heterocycles. The summed E-state index contributed by atoms with van der Waals surface area (Å²) >= 11 is 0. The highest BCUT2D eigenvalue weighted by Gasteiger charge is 2.17. The third kappa shape index (κ3) is 2.59. The van der Waals surface area contributed by atoms with E-state index in [1.807, 2.05) is 25.1 Å². The fourth-order valence-corrected chi connectivity index (χ4v) is 2.18. The Hall–Kier alpha value is -2.49. The average molecular weight is 271 g/mol. The molecule has 0 heterocycles. The monoisotopic (exact) mass is 271 g/mol. The molecule has 0 atom stereocenters. The normalized spacial score (nSPS) is 11.6. The van der Waals surface area contributed by atoms with Crippen LogP contribution in [-0.2, 0) is 6.42 Å². The van der Waals surface area contributed by atoms with Crippen molar-refractivity contribution >= 4 is 5.71 Å². The molecule has 0 spiro atoms. The lowest BCUT2D eigenvalue weighted by molar-refractivity contribution is 0.319. The summed E-state index contributed by atoms with van der Waals surface area (Å²) in [5, 5.41) is 32.7. The molecule has 0 amide bonds. The highest BCUT2D eigenvalue weighted by Crippen LogP contribution is 2.33. The van der Waals surface area contributed by atoms with Crippen molar-refractivity contribution in [3.8, 4) is 11.5 Å². The SMILES string of the molecule is CCCc1c(O)ccc(C(=NO)c2ccccc2)c1O. The van der Waals surface area contributed by atoms with Gasteiger partial charge < -0.3 is 15.4 Å². The van der Waals surface area contributed by atoms with Gasteiger partial charge >= 0.3 is 0 Å². The molecule has 104 valence electrons. The van der Waals surface area contributed by atoms with Crippen LogP contribution >= 0.6 is 0 Å². The molecule has 0 saturated heterocycles. The first-order valence-electron chi connectivity index (χ1n) is 6.50. The van der Waals surface area contributed by atoms with Crippen LogP contribution in [0.5, 0.6) is 11.5 Å². The second-order valence-corrected chi connectivity index (χ2v) is 4.52. The lowest BCUT2D eigenvalue weighted by atomic mass is 9.97. The van der Waals surface area contributed by atoms with Crippen molar-refractivity contribution in [1.82, 2.24) is 0 Å². The van der Waals surface area contributed by atoms with E-state index in [0.717, 1.165) is 6.42 Å². The molecule has 0 radical (unpaired) electrons. The van der Waals surface area contributed by atoms with Crippen LogP contribution in [0.3, 0.4) is 0 Å². The Morgan fingerprint density at radius 2 is 1.75 bits per heavy atom. The zero-order valence-corrected chi connectivity index (χ0v) is 11.2. The van der Waals surface area contributed by atoms with E-state index in [0.29, 0.717) is 23.1 Å². The summed E-state index contributed by atoms with van der Waals surface area (Å²) in [6, 6.07) is 12.1. The maximum absolute atomic E-state index is 10.3. The minimum atomic E-state index is -0.0384. The molecule has 0 bridgehead atoms. The standard InChI is InChI=1S/C16H17NO3/c1-2-6-12-14(18)10-9-13(16(12)19)15(17-20)11-7-4-3-5-8-11/h3-5,7-10,18-20H,2,6H2,1H3. The molecule has 2 aromatic carbocycles. The van der Waals surface area contributed by atoms with Gasteiger partial charge in [0.2, 0.25) is 0 Å². The minimum Gasteiger partial charge on any atom is -0.508 e. The molecular formula is C16H17NO3. The molecule has 0 aliphatic carbocycles. The van der Waals surface area contributed by atoms with Crippen LogP contribution in [-0.4, -0.2) is 21.1 Å². The van der Waals surface area contributed by atoms with Gasteiger partial charge in [0.05, 0.1) is 0 Å². The molecule has 2 aromatic rings. The summed E-state index contributed by atoms with van der Waals surface area (Å²) in [7, 11) is 0. The number of nitrogens with zero attached hydrogens (tertiary/aromatic N) is 1. The van der Waals surface area contributed by atoms with E-state index in [9.17, 15) is 15.4 Å². The van der Waals surface area contributed by atoms with Crippen LogP contribution in [0.1, 0.15) is 30.0 Å². The molecule has 0 aromatic heterocycles. The molecule has 0 unspecified atom stereocenters. The Morgan fingerprint density at radius 3 is 2.35 bits per heavy atom. The van der Waals surface area contributed by atoms with Gasteiger partial charge in [0.1, 0.15) is 17.2 Å². The topological polar surface area (TPSA) is 73.1 Å². The molecule has 20 heavy (non-hydrogen) atoms. The molecule has 3 N–H and O–H groups in total. The largest absolute Gasteiger partial charge is 0.508 e. The van der Waals surface area contributed by atoms with Gasteiger partial charge in [-0.15, -0.1) is 0 Å². The molecule has 0 aliphatic rings. The maximum Gasteiger partial charge on any atom is 0.132 e. The molecule has 4 nitrogen and oxygen atoms in total. The number of phenolic OH excluding ortho intramolecular Hbond substituents is 2. The van der Waals surface area contributed by atoms with Crippen molar-refractivity contribution in [2.75, 3.05) is 0 Å². The van der Waals surface area contributed by atoms with E-state index < -0.39 is 0 Å². The van der Waals surface area contributed by atoms with Gasteiger partial charge in [-0.25, -0.2) is 0 Å². The first-order chi connectivity index (χ1) is 9.69. The van der Waals surface area contributed by atoms with E-state index in [-0.39, 0.29) is 17.2 Å². The predicted molar refractivity (Wildman–Crippen MR) is 77.6 cm³/mol. The zero-order chi connectivity index (χ0) is 14.5. The highest BCUT2D eigenvalue weighted by molar-refractivity contribution is 6.14. The lowest BCUT2D eigenvalue weighted by Gasteiger charge is -2.12. The molecule has 0 saturated carbocycles. The van der Waals surface area contributed by atoms with E-state index >= 15 is 0 Å². The van der Waals surface area contributed by atoms with E-state index in [1.165, 1.54) is 6.07 Å². The number of hydrogen-bond donors (Lipinski definition) is 3.